The number of hydrogen-bond acceptors (Lipinski definition) is 6. The first-order valence-electron chi connectivity index (χ1n) is 25.8. The predicted molar refractivity (Wildman–Crippen MR) is 315 cm³/mol. The van der Waals surface area contributed by atoms with E-state index < -0.39 is 0 Å². The number of fused-ring (bicyclic) bond motifs is 12. The van der Waals surface area contributed by atoms with Gasteiger partial charge in [-0.2, -0.15) is 0 Å². The summed E-state index contributed by atoms with van der Waals surface area (Å²) in [5.41, 5.74) is 14.5. The van der Waals surface area contributed by atoms with Gasteiger partial charge in [-0.3, -0.25) is 4.98 Å². The second-order valence-electron chi connectivity index (χ2n) is 19.4. The molecular weight excluding hydrogens is 945 g/mol. The number of rotatable bonds is 8. The zero-order valence-corrected chi connectivity index (χ0v) is 41.7. The summed E-state index contributed by atoms with van der Waals surface area (Å²) in [5, 5.41) is 9.38. The predicted octanol–water partition coefficient (Wildman–Crippen LogP) is 16.2. The number of benzene rings is 9. The zero-order valence-electron chi connectivity index (χ0n) is 41.7. The Hall–Kier alpha value is -10.4. The molecule has 9 aromatic carbocycles. The fourth-order valence-electron chi connectivity index (χ4n) is 11.4. The Balaban J connectivity index is 0.988. The monoisotopic (exact) mass is 988 g/mol. The van der Waals surface area contributed by atoms with Crippen LogP contribution in [-0.2, 0) is 0 Å². The molecule has 15 aromatic rings. The van der Waals surface area contributed by atoms with Crippen molar-refractivity contribution in [3.8, 4) is 67.9 Å². The molecule has 0 amide bonds. The molecule has 0 unspecified atom stereocenters. The van der Waals surface area contributed by atoms with Crippen LogP contribution in [0, 0.1) is 0 Å². The quantitative estimate of drug-likeness (QED) is 0.151. The number of para-hydroxylation sites is 3. The Labute approximate surface area is 441 Å². The van der Waals surface area contributed by atoms with E-state index in [0.717, 1.165) is 132 Å². The van der Waals surface area contributed by atoms with Crippen LogP contribution < -0.4 is 10.6 Å². The molecule has 15 rings (SSSR count). The molecule has 0 bridgehead atoms. The molecule has 0 aliphatic heterocycles. The van der Waals surface area contributed by atoms with Crippen molar-refractivity contribution in [1.29, 1.82) is 0 Å². The molecule has 0 aliphatic rings. The van der Waals surface area contributed by atoms with Gasteiger partial charge in [0, 0.05) is 82.9 Å². The SMILES string of the molecule is C=c1/c(=C\C=C/C)c2ccc3oc4ccc(-c5cnc(-c6ccc7oc8ccc9c%10ccccc%10n(-c%10ccccc%10)c9c8c7c6)c(-c6nc(-c7ccccc7)nc(-c7ccccc7)n6)c5)cc4c3c2n1-c1ccccc1. The molecule has 0 radical (unpaired) electrons. The fraction of sp³-hybridized carbons (Fsp3) is 0.0145. The van der Waals surface area contributed by atoms with E-state index in [1.165, 1.54) is 5.39 Å². The second kappa shape index (κ2) is 17.6. The van der Waals surface area contributed by atoms with Crippen molar-refractivity contribution in [2.24, 2.45) is 0 Å². The lowest BCUT2D eigenvalue weighted by molar-refractivity contribution is 0.669. The summed E-state index contributed by atoms with van der Waals surface area (Å²) < 4.78 is 18.0. The zero-order chi connectivity index (χ0) is 51.1. The van der Waals surface area contributed by atoms with Crippen molar-refractivity contribution in [3.63, 3.8) is 0 Å². The number of aromatic nitrogens is 6. The smallest absolute Gasteiger partial charge is 0.166 e. The van der Waals surface area contributed by atoms with Gasteiger partial charge in [-0.1, -0.05) is 146 Å². The molecule has 0 N–H and O–H groups in total. The van der Waals surface area contributed by atoms with E-state index in [1.54, 1.807) is 0 Å². The fourth-order valence-corrected chi connectivity index (χ4v) is 11.4. The molecule has 0 saturated carbocycles. The first kappa shape index (κ1) is 44.1. The first-order valence-corrected chi connectivity index (χ1v) is 25.8. The van der Waals surface area contributed by atoms with E-state index in [-0.39, 0.29) is 0 Å². The summed E-state index contributed by atoms with van der Waals surface area (Å²) in [7, 11) is 0. The molecule has 8 nitrogen and oxygen atoms in total. The van der Waals surface area contributed by atoms with Crippen molar-refractivity contribution >= 4 is 89.2 Å². The summed E-state index contributed by atoms with van der Waals surface area (Å²) in [4.78, 5) is 21.1. The minimum Gasteiger partial charge on any atom is -0.456 e. The van der Waals surface area contributed by atoms with Crippen LogP contribution >= 0.6 is 0 Å². The average Bonchev–Trinajstić information content (AvgIpc) is 4.35. The maximum atomic E-state index is 6.72. The molecule has 8 heteroatoms. The molecule has 362 valence electrons. The lowest BCUT2D eigenvalue weighted by atomic mass is 9.97. The van der Waals surface area contributed by atoms with Crippen molar-refractivity contribution in [2.45, 2.75) is 6.92 Å². The maximum absolute atomic E-state index is 6.72. The molecule has 6 heterocycles. The van der Waals surface area contributed by atoms with Gasteiger partial charge >= 0.3 is 0 Å². The molecule has 0 aliphatic carbocycles. The van der Waals surface area contributed by atoms with Gasteiger partial charge in [-0.25, -0.2) is 15.0 Å². The van der Waals surface area contributed by atoms with E-state index >= 15 is 0 Å². The van der Waals surface area contributed by atoms with Crippen LogP contribution in [0.3, 0.4) is 0 Å². The van der Waals surface area contributed by atoms with Crippen LogP contribution in [0.25, 0.3) is 157 Å². The van der Waals surface area contributed by atoms with E-state index in [0.29, 0.717) is 17.5 Å². The Morgan fingerprint density at radius 2 is 0.948 bits per heavy atom. The Bertz CT molecular complexity index is 4940. The van der Waals surface area contributed by atoms with Crippen LogP contribution in [0.1, 0.15) is 6.92 Å². The van der Waals surface area contributed by atoms with E-state index in [2.05, 4.69) is 173 Å². The van der Waals surface area contributed by atoms with Gasteiger partial charge in [0.15, 0.2) is 17.5 Å². The maximum Gasteiger partial charge on any atom is 0.166 e. The topological polar surface area (TPSA) is 87.7 Å². The van der Waals surface area contributed by atoms with Crippen molar-refractivity contribution < 1.29 is 8.83 Å². The highest BCUT2D eigenvalue weighted by molar-refractivity contribution is 6.25. The van der Waals surface area contributed by atoms with Crippen molar-refractivity contribution in [1.82, 2.24) is 29.1 Å². The van der Waals surface area contributed by atoms with Gasteiger partial charge in [-0.05, 0) is 103 Å². The van der Waals surface area contributed by atoms with Crippen LogP contribution in [0.4, 0.5) is 0 Å². The highest BCUT2D eigenvalue weighted by Crippen LogP contribution is 2.44. The van der Waals surface area contributed by atoms with Crippen LogP contribution in [0.2, 0.25) is 0 Å². The van der Waals surface area contributed by atoms with E-state index in [1.807, 2.05) is 85.9 Å². The minimum atomic E-state index is 0.496. The lowest BCUT2D eigenvalue weighted by Crippen LogP contribution is -2.26. The summed E-state index contributed by atoms with van der Waals surface area (Å²) in [6.07, 6.45) is 8.22. The van der Waals surface area contributed by atoms with Crippen LogP contribution in [-0.4, -0.2) is 29.1 Å². The number of hydrogen-bond donors (Lipinski definition) is 0. The van der Waals surface area contributed by atoms with Crippen LogP contribution in [0.15, 0.2) is 240 Å². The molecule has 0 atom stereocenters. The third-order valence-electron chi connectivity index (χ3n) is 14.9. The molecule has 6 aromatic heterocycles. The molecule has 0 fully saturated rings. The molecule has 0 saturated heterocycles. The molecule has 0 spiro atoms. The lowest BCUT2D eigenvalue weighted by Gasteiger charge is -2.14. The third-order valence-corrected chi connectivity index (χ3v) is 14.9. The highest BCUT2D eigenvalue weighted by atomic mass is 16.3. The normalized spacial score (nSPS) is 12.3. The largest absolute Gasteiger partial charge is 0.456 e. The second-order valence-corrected chi connectivity index (χ2v) is 19.4. The number of nitrogens with zero attached hydrogens (tertiary/aromatic N) is 6. The van der Waals surface area contributed by atoms with Gasteiger partial charge in [0.25, 0.3) is 0 Å². The first-order chi connectivity index (χ1) is 38.1. The Morgan fingerprint density at radius 3 is 1.58 bits per heavy atom. The van der Waals surface area contributed by atoms with Gasteiger partial charge in [0.05, 0.1) is 33.0 Å². The van der Waals surface area contributed by atoms with Crippen molar-refractivity contribution in [3.05, 3.63) is 241 Å². The van der Waals surface area contributed by atoms with E-state index in [9.17, 15) is 0 Å². The van der Waals surface area contributed by atoms with Gasteiger partial charge < -0.3 is 18.0 Å². The minimum absolute atomic E-state index is 0.496. The van der Waals surface area contributed by atoms with Gasteiger partial charge in [0.2, 0.25) is 0 Å². The molecule has 77 heavy (non-hydrogen) atoms. The standard InChI is InChI=1S/C69H44N6O2/c1-3-4-27-50-42(2)74(48-23-13-7-14-24-48)65-52(50)32-36-60-62(65)54-38-45(30-34-58(54)76-60)47-40-56(69-72-67(43-19-9-5-10-20-43)71-68(73-69)44-21-11-6-12-22-44)64(70-41-47)46-31-35-59-55(39-46)63-61(77-59)37-33-53-51-28-17-18-29-57(51)75(66(53)63)49-25-15-8-16-26-49/h3-41H,2H2,1H3/b4-3-,50-27+. The summed E-state index contributed by atoms with van der Waals surface area (Å²) >= 11 is 0. The number of pyridine rings is 1. The van der Waals surface area contributed by atoms with E-state index in [4.69, 9.17) is 28.8 Å². The Morgan fingerprint density at radius 1 is 0.429 bits per heavy atom. The summed E-state index contributed by atoms with van der Waals surface area (Å²) in [6.45, 7) is 6.68. The third kappa shape index (κ3) is 7.07. The number of allylic oxidation sites excluding steroid dienone is 2. The average molecular weight is 989 g/mol. The highest BCUT2D eigenvalue weighted by Gasteiger charge is 2.24. The van der Waals surface area contributed by atoms with Gasteiger partial charge in [-0.15, -0.1) is 0 Å². The van der Waals surface area contributed by atoms with Crippen molar-refractivity contribution in [2.75, 3.05) is 0 Å². The summed E-state index contributed by atoms with van der Waals surface area (Å²) in [6, 6.07) is 73.2. The number of furan rings is 2. The molecular formula is C69H44N6O2. The Kier molecular flexibility index (Phi) is 10.1. The van der Waals surface area contributed by atoms with Crippen LogP contribution in [0.5, 0.6) is 0 Å². The summed E-state index contributed by atoms with van der Waals surface area (Å²) in [5.74, 6) is 1.62. The van der Waals surface area contributed by atoms with Gasteiger partial charge in [0.1, 0.15) is 22.3 Å².